The van der Waals surface area contributed by atoms with Gasteiger partial charge in [0.2, 0.25) is 0 Å². The maximum absolute atomic E-state index is 11.6. The van der Waals surface area contributed by atoms with Crippen LogP contribution in [-0.2, 0) is 22.1 Å². The van der Waals surface area contributed by atoms with E-state index < -0.39 is 9.84 Å². The first-order chi connectivity index (χ1) is 12.4. The van der Waals surface area contributed by atoms with E-state index >= 15 is 0 Å². The Morgan fingerprint density at radius 2 is 1.88 bits per heavy atom. The van der Waals surface area contributed by atoms with Gasteiger partial charge in [-0.1, -0.05) is 42.5 Å². The van der Waals surface area contributed by atoms with E-state index in [9.17, 15) is 8.42 Å². The van der Waals surface area contributed by atoms with Crippen LogP contribution in [0.4, 0.5) is 0 Å². The van der Waals surface area contributed by atoms with Crippen molar-refractivity contribution < 1.29 is 13.2 Å². The molecular weight excluding hydrogens is 350 g/mol. The Labute approximate surface area is 154 Å². The van der Waals surface area contributed by atoms with E-state index in [1.54, 1.807) is 0 Å². The Morgan fingerprint density at radius 1 is 1.19 bits per heavy atom. The predicted molar refractivity (Wildman–Crippen MR) is 103 cm³/mol. The van der Waals surface area contributed by atoms with Gasteiger partial charge in [-0.15, -0.1) is 0 Å². The molecule has 0 amide bonds. The van der Waals surface area contributed by atoms with Gasteiger partial charge in [0.25, 0.3) is 0 Å². The van der Waals surface area contributed by atoms with Crippen molar-refractivity contribution in [3.05, 3.63) is 65.2 Å². The van der Waals surface area contributed by atoms with Gasteiger partial charge in [0.15, 0.2) is 15.8 Å². The molecule has 1 aliphatic heterocycles. The lowest BCUT2D eigenvalue weighted by Crippen LogP contribution is -2.37. The van der Waals surface area contributed by atoms with Gasteiger partial charge in [0.1, 0.15) is 5.75 Å². The first-order valence-electron chi connectivity index (χ1n) is 8.45. The molecule has 1 aliphatic rings. The Morgan fingerprint density at radius 3 is 2.65 bits per heavy atom. The van der Waals surface area contributed by atoms with Gasteiger partial charge in [0.05, 0.1) is 24.9 Å². The number of sulfone groups is 1. The van der Waals surface area contributed by atoms with Crippen molar-refractivity contribution in [2.24, 2.45) is 10.7 Å². The highest BCUT2D eigenvalue weighted by atomic mass is 32.2. The highest BCUT2D eigenvalue weighted by molar-refractivity contribution is 7.89. The van der Waals surface area contributed by atoms with E-state index in [0.717, 1.165) is 28.9 Å². The summed E-state index contributed by atoms with van der Waals surface area (Å²) in [5.74, 6) is 1.20. The number of nitrogens with two attached hydrogens (primary N) is 1. The average Bonchev–Trinajstić information content (AvgIpc) is 2.60. The second-order valence-electron chi connectivity index (χ2n) is 6.41. The van der Waals surface area contributed by atoms with Gasteiger partial charge in [0, 0.05) is 18.2 Å². The second kappa shape index (κ2) is 7.78. The van der Waals surface area contributed by atoms with E-state index in [-0.39, 0.29) is 11.8 Å². The van der Waals surface area contributed by atoms with Gasteiger partial charge in [-0.3, -0.25) is 0 Å². The topological polar surface area (TPSA) is 93.8 Å². The number of ether oxygens (including phenoxy) is 1. The van der Waals surface area contributed by atoms with Gasteiger partial charge < -0.3 is 15.8 Å². The van der Waals surface area contributed by atoms with E-state index in [1.165, 1.54) is 6.26 Å². The molecule has 26 heavy (non-hydrogen) atoms. The molecule has 3 rings (SSSR count). The summed E-state index contributed by atoms with van der Waals surface area (Å²) in [4.78, 5) is 4.40. The molecule has 1 heterocycles. The van der Waals surface area contributed by atoms with Crippen LogP contribution < -0.4 is 15.8 Å². The van der Waals surface area contributed by atoms with Crippen LogP contribution in [0.25, 0.3) is 0 Å². The third kappa shape index (κ3) is 4.76. The predicted octanol–water partition coefficient (Wildman–Crippen LogP) is 2.16. The Hall–Kier alpha value is -2.54. The standard InChI is InChI=1S/C19H23N3O3S/c1-26(23,24)13-15-7-3-2-6-14(15)12-21-19(20)22-17-10-11-25-18-9-5-4-8-16(17)18/h2-9,17H,10-13H2,1H3,(H3,20,21,22). The molecule has 6 nitrogen and oxygen atoms in total. The van der Waals surface area contributed by atoms with E-state index in [4.69, 9.17) is 10.5 Å². The summed E-state index contributed by atoms with van der Waals surface area (Å²) in [6.45, 7) is 0.953. The third-order valence-electron chi connectivity index (χ3n) is 4.24. The van der Waals surface area contributed by atoms with Gasteiger partial charge in [-0.05, 0) is 17.2 Å². The number of hydrogen-bond acceptors (Lipinski definition) is 4. The largest absolute Gasteiger partial charge is 0.493 e. The zero-order valence-corrected chi connectivity index (χ0v) is 15.5. The molecule has 0 saturated carbocycles. The molecule has 1 atom stereocenters. The van der Waals surface area contributed by atoms with Crippen molar-refractivity contribution in [1.82, 2.24) is 5.32 Å². The molecule has 1 unspecified atom stereocenters. The molecule has 0 bridgehead atoms. The fourth-order valence-corrected chi connectivity index (χ4v) is 3.87. The zero-order valence-electron chi connectivity index (χ0n) is 14.7. The molecule has 0 saturated heterocycles. The fraction of sp³-hybridized carbons (Fsp3) is 0.316. The van der Waals surface area contributed by atoms with Crippen molar-refractivity contribution in [2.75, 3.05) is 12.9 Å². The summed E-state index contributed by atoms with van der Waals surface area (Å²) in [7, 11) is -3.10. The molecule has 0 aliphatic carbocycles. The third-order valence-corrected chi connectivity index (χ3v) is 5.07. The number of para-hydroxylation sites is 1. The number of hydrogen-bond donors (Lipinski definition) is 2. The van der Waals surface area contributed by atoms with Crippen molar-refractivity contribution in [3.8, 4) is 5.75 Å². The fourth-order valence-electron chi connectivity index (χ4n) is 3.02. The number of benzene rings is 2. The van der Waals surface area contributed by atoms with E-state index in [2.05, 4.69) is 10.3 Å². The highest BCUT2D eigenvalue weighted by Crippen LogP contribution is 2.31. The van der Waals surface area contributed by atoms with Crippen LogP contribution in [0.2, 0.25) is 0 Å². The maximum Gasteiger partial charge on any atom is 0.189 e. The highest BCUT2D eigenvalue weighted by Gasteiger charge is 2.21. The average molecular weight is 373 g/mol. The number of guanidine groups is 1. The monoisotopic (exact) mass is 373 g/mol. The van der Waals surface area contributed by atoms with E-state index in [0.29, 0.717) is 19.1 Å². The lowest BCUT2D eigenvalue weighted by atomic mass is 10.0. The quantitative estimate of drug-likeness (QED) is 0.619. The van der Waals surface area contributed by atoms with E-state index in [1.807, 2.05) is 48.5 Å². The van der Waals surface area contributed by atoms with Crippen LogP contribution in [0.3, 0.4) is 0 Å². The molecule has 2 aromatic rings. The van der Waals surface area contributed by atoms with Gasteiger partial charge in [-0.25, -0.2) is 13.4 Å². The van der Waals surface area contributed by atoms with Crippen molar-refractivity contribution >= 4 is 15.8 Å². The summed E-state index contributed by atoms with van der Waals surface area (Å²) in [6, 6.07) is 15.3. The maximum atomic E-state index is 11.6. The lowest BCUT2D eigenvalue weighted by molar-refractivity contribution is 0.262. The summed E-state index contributed by atoms with van der Waals surface area (Å²) in [5, 5.41) is 3.24. The van der Waals surface area contributed by atoms with Crippen molar-refractivity contribution in [2.45, 2.75) is 24.8 Å². The molecule has 0 fully saturated rings. The Kier molecular flexibility index (Phi) is 5.46. The number of nitrogens with zero attached hydrogens (tertiary/aromatic N) is 1. The smallest absolute Gasteiger partial charge is 0.189 e. The molecule has 2 aromatic carbocycles. The van der Waals surface area contributed by atoms with Crippen LogP contribution >= 0.6 is 0 Å². The number of rotatable bonds is 5. The number of nitrogens with one attached hydrogen (secondary N) is 1. The molecule has 138 valence electrons. The zero-order chi connectivity index (χ0) is 18.6. The minimum Gasteiger partial charge on any atom is -0.493 e. The first-order valence-corrected chi connectivity index (χ1v) is 10.5. The Balaban J connectivity index is 1.71. The molecular formula is C19H23N3O3S. The van der Waals surface area contributed by atoms with Crippen LogP contribution in [0.15, 0.2) is 53.5 Å². The molecule has 7 heteroatoms. The first kappa shape index (κ1) is 18.3. The molecule has 0 radical (unpaired) electrons. The number of fused-ring (bicyclic) bond motifs is 1. The normalized spacial score (nSPS) is 17.3. The van der Waals surface area contributed by atoms with Crippen LogP contribution in [0.5, 0.6) is 5.75 Å². The number of aliphatic imine (C=N–C) groups is 1. The van der Waals surface area contributed by atoms with Crippen LogP contribution in [0, 0.1) is 0 Å². The summed E-state index contributed by atoms with van der Waals surface area (Å²) >= 11 is 0. The van der Waals surface area contributed by atoms with Crippen molar-refractivity contribution in [3.63, 3.8) is 0 Å². The summed E-state index contributed by atoms with van der Waals surface area (Å²) < 4.78 is 28.8. The lowest BCUT2D eigenvalue weighted by Gasteiger charge is -2.27. The minimum absolute atomic E-state index is 0.000629. The Bertz CT molecular complexity index is 910. The molecule has 3 N–H and O–H groups in total. The van der Waals surface area contributed by atoms with Gasteiger partial charge >= 0.3 is 0 Å². The minimum atomic E-state index is -3.10. The second-order valence-corrected chi connectivity index (χ2v) is 8.55. The van der Waals surface area contributed by atoms with Crippen LogP contribution in [-0.4, -0.2) is 27.2 Å². The summed E-state index contributed by atoms with van der Waals surface area (Å²) in [5.41, 5.74) is 8.74. The van der Waals surface area contributed by atoms with Crippen LogP contribution in [0.1, 0.15) is 29.2 Å². The SMILES string of the molecule is CS(=O)(=O)Cc1ccccc1CN=C(N)NC1CCOc2ccccc21. The summed E-state index contributed by atoms with van der Waals surface area (Å²) in [6.07, 6.45) is 2.03. The van der Waals surface area contributed by atoms with Crippen molar-refractivity contribution in [1.29, 1.82) is 0 Å². The molecule has 0 spiro atoms. The molecule has 0 aromatic heterocycles. The van der Waals surface area contributed by atoms with Gasteiger partial charge in [-0.2, -0.15) is 0 Å².